The summed E-state index contributed by atoms with van der Waals surface area (Å²) in [6.45, 7) is 5.93. The van der Waals surface area contributed by atoms with Crippen LogP contribution in [0.1, 0.15) is 36.8 Å². The SMILES string of the molecule is CC(C)(C)c1[nH]ccc1C(=O)O. The zero-order valence-electron chi connectivity index (χ0n) is 7.51. The first-order chi connectivity index (χ1) is 5.43. The third-order valence-corrected chi connectivity index (χ3v) is 1.73. The first-order valence-corrected chi connectivity index (χ1v) is 3.84. The smallest absolute Gasteiger partial charge is 0.337 e. The molecule has 0 unspecified atom stereocenters. The summed E-state index contributed by atoms with van der Waals surface area (Å²) in [6, 6.07) is 1.59. The van der Waals surface area contributed by atoms with Crippen molar-refractivity contribution in [2.24, 2.45) is 0 Å². The van der Waals surface area contributed by atoms with Crippen LogP contribution in [0.4, 0.5) is 0 Å². The van der Waals surface area contributed by atoms with E-state index in [-0.39, 0.29) is 5.41 Å². The van der Waals surface area contributed by atoms with Crippen LogP contribution < -0.4 is 0 Å². The minimum Gasteiger partial charge on any atom is -0.478 e. The molecule has 0 saturated heterocycles. The summed E-state index contributed by atoms with van der Waals surface area (Å²) in [4.78, 5) is 13.7. The van der Waals surface area contributed by atoms with Crippen LogP contribution in [0.3, 0.4) is 0 Å². The molecule has 1 aromatic heterocycles. The highest BCUT2D eigenvalue weighted by Gasteiger charge is 2.22. The highest BCUT2D eigenvalue weighted by molar-refractivity contribution is 5.89. The van der Waals surface area contributed by atoms with Crippen LogP contribution in [0, 0.1) is 0 Å². The van der Waals surface area contributed by atoms with E-state index in [4.69, 9.17) is 5.11 Å². The van der Waals surface area contributed by atoms with Gasteiger partial charge in [-0.1, -0.05) is 20.8 Å². The second-order valence-corrected chi connectivity index (χ2v) is 3.82. The highest BCUT2D eigenvalue weighted by Crippen LogP contribution is 2.23. The number of aromatic carboxylic acids is 1. The van der Waals surface area contributed by atoms with Gasteiger partial charge >= 0.3 is 5.97 Å². The topological polar surface area (TPSA) is 53.1 Å². The molecule has 1 aromatic rings. The lowest BCUT2D eigenvalue weighted by Gasteiger charge is -2.17. The van der Waals surface area contributed by atoms with E-state index in [9.17, 15) is 4.79 Å². The number of carbonyl (C=O) groups is 1. The van der Waals surface area contributed by atoms with E-state index in [0.29, 0.717) is 5.56 Å². The molecule has 0 aromatic carbocycles. The van der Waals surface area contributed by atoms with Gasteiger partial charge in [-0.25, -0.2) is 4.79 Å². The van der Waals surface area contributed by atoms with Crippen LogP contribution in [0.2, 0.25) is 0 Å². The molecular weight excluding hydrogens is 154 g/mol. The molecule has 0 fully saturated rings. The Morgan fingerprint density at radius 3 is 2.42 bits per heavy atom. The van der Waals surface area contributed by atoms with E-state index < -0.39 is 5.97 Å². The molecule has 0 spiro atoms. The van der Waals surface area contributed by atoms with Gasteiger partial charge in [-0.05, 0) is 6.07 Å². The molecule has 3 heteroatoms. The van der Waals surface area contributed by atoms with Gasteiger partial charge in [0, 0.05) is 17.3 Å². The predicted molar refractivity (Wildman–Crippen MR) is 46.5 cm³/mol. The molecule has 12 heavy (non-hydrogen) atoms. The van der Waals surface area contributed by atoms with Crippen molar-refractivity contribution < 1.29 is 9.90 Å². The molecule has 0 atom stereocenters. The molecule has 0 aliphatic heterocycles. The van der Waals surface area contributed by atoms with Gasteiger partial charge in [-0.15, -0.1) is 0 Å². The van der Waals surface area contributed by atoms with E-state index >= 15 is 0 Å². The van der Waals surface area contributed by atoms with E-state index in [1.165, 1.54) is 0 Å². The van der Waals surface area contributed by atoms with Gasteiger partial charge in [-0.2, -0.15) is 0 Å². The number of aromatic amines is 1. The fraction of sp³-hybridized carbons (Fsp3) is 0.444. The van der Waals surface area contributed by atoms with Gasteiger partial charge in [0.05, 0.1) is 5.56 Å². The first-order valence-electron chi connectivity index (χ1n) is 3.84. The molecule has 0 radical (unpaired) electrons. The van der Waals surface area contributed by atoms with E-state index in [1.807, 2.05) is 20.8 Å². The Morgan fingerprint density at radius 2 is 2.08 bits per heavy atom. The monoisotopic (exact) mass is 167 g/mol. The molecule has 66 valence electrons. The maximum atomic E-state index is 10.7. The van der Waals surface area contributed by atoms with Crippen LogP contribution in [-0.4, -0.2) is 16.1 Å². The van der Waals surface area contributed by atoms with E-state index in [0.717, 1.165) is 5.69 Å². The molecule has 0 aliphatic rings. The third kappa shape index (κ3) is 1.49. The van der Waals surface area contributed by atoms with Gasteiger partial charge in [0.1, 0.15) is 0 Å². The minimum absolute atomic E-state index is 0.142. The number of hydrogen-bond acceptors (Lipinski definition) is 1. The summed E-state index contributed by atoms with van der Waals surface area (Å²) in [5.41, 5.74) is 0.995. The van der Waals surface area contributed by atoms with E-state index in [1.54, 1.807) is 12.3 Å². The molecular formula is C9H13NO2. The normalized spacial score (nSPS) is 11.6. The summed E-state index contributed by atoms with van der Waals surface area (Å²) < 4.78 is 0. The second kappa shape index (κ2) is 2.66. The van der Waals surface area contributed by atoms with Gasteiger partial charge in [-0.3, -0.25) is 0 Å². The summed E-state index contributed by atoms with van der Waals surface area (Å²) >= 11 is 0. The van der Waals surface area contributed by atoms with Crippen LogP contribution in [0.25, 0.3) is 0 Å². The Kier molecular flexibility index (Phi) is 1.96. The van der Waals surface area contributed by atoms with Gasteiger partial charge in [0.2, 0.25) is 0 Å². The van der Waals surface area contributed by atoms with Crippen molar-refractivity contribution in [1.82, 2.24) is 4.98 Å². The standard InChI is InChI=1S/C9H13NO2/c1-9(2,3)7-6(8(11)12)4-5-10-7/h4-5,10H,1-3H3,(H,11,12). The average Bonchev–Trinajstić information content (AvgIpc) is 2.30. The molecule has 1 rings (SSSR count). The second-order valence-electron chi connectivity index (χ2n) is 3.82. The molecule has 0 saturated carbocycles. The van der Waals surface area contributed by atoms with Gasteiger partial charge in [0.25, 0.3) is 0 Å². The number of H-pyrrole nitrogens is 1. The molecule has 0 bridgehead atoms. The summed E-state index contributed by atoms with van der Waals surface area (Å²) in [6.07, 6.45) is 1.66. The maximum Gasteiger partial charge on any atom is 0.337 e. The Bertz CT molecular complexity index is 294. The highest BCUT2D eigenvalue weighted by atomic mass is 16.4. The van der Waals surface area contributed by atoms with E-state index in [2.05, 4.69) is 4.98 Å². The van der Waals surface area contributed by atoms with Gasteiger partial charge < -0.3 is 10.1 Å². The quantitative estimate of drug-likeness (QED) is 0.672. The lowest BCUT2D eigenvalue weighted by molar-refractivity contribution is 0.0694. The molecule has 0 amide bonds. The molecule has 1 heterocycles. The third-order valence-electron chi connectivity index (χ3n) is 1.73. The Labute approximate surface area is 71.4 Å². The predicted octanol–water partition coefficient (Wildman–Crippen LogP) is 2.01. The summed E-state index contributed by atoms with van der Waals surface area (Å²) in [5.74, 6) is -0.874. The molecule has 2 N–H and O–H groups in total. The Hall–Kier alpha value is -1.25. The van der Waals surface area contributed by atoms with Crippen molar-refractivity contribution in [3.05, 3.63) is 23.5 Å². The zero-order valence-corrected chi connectivity index (χ0v) is 7.51. The maximum absolute atomic E-state index is 10.7. The van der Waals surface area contributed by atoms with Crippen LogP contribution in [0.15, 0.2) is 12.3 Å². The molecule has 3 nitrogen and oxygen atoms in total. The summed E-state index contributed by atoms with van der Waals surface area (Å²) in [7, 11) is 0. The van der Waals surface area contributed by atoms with Crippen molar-refractivity contribution in [2.75, 3.05) is 0 Å². The van der Waals surface area contributed by atoms with Crippen molar-refractivity contribution in [2.45, 2.75) is 26.2 Å². The number of hydrogen-bond donors (Lipinski definition) is 2. The largest absolute Gasteiger partial charge is 0.478 e. The van der Waals surface area contributed by atoms with Crippen molar-refractivity contribution in [3.63, 3.8) is 0 Å². The number of carboxylic acid groups (broad SMARTS) is 1. The fourth-order valence-electron chi connectivity index (χ4n) is 1.17. The summed E-state index contributed by atoms with van der Waals surface area (Å²) in [5, 5.41) is 8.80. The lowest BCUT2D eigenvalue weighted by atomic mass is 9.90. The average molecular weight is 167 g/mol. The first kappa shape index (κ1) is 8.84. The number of rotatable bonds is 1. The molecule has 0 aliphatic carbocycles. The van der Waals surface area contributed by atoms with Crippen LogP contribution >= 0.6 is 0 Å². The number of aromatic nitrogens is 1. The Morgan fingerprint density at radius 1 is 1.50 bits per heavy atom. The van der Waals surface area contributed by atoms with Crippen LogP contribution in [0.5, 0.6) is 0 Å². The fourth-order valence-corrected chi connectivity index (χ4v) is 1.17. The van der Waals surface area contributed by atoms with Crippen LogP contribution in [-0.2, 0) is 5.41 Å². The Balaban J connectivity index is 3.17. The minimum atomic E-state index is -0.874. The lowest BCUT2D eigenvalue weighted by Crippen LogP contribution is -2.16. The van der Waals surface area contributed by atoms with Crippen molar-refractivity contribution in [1.29, 1.82) is 0 Å². The number of nitrogens with one attached hydrogen (secondary N) is 1. The number of carboxylic acids is 1. The zero-order chi connectivity index (χ0) is 9.35. The van der Waals surface area contributed by atoms with Crippen molar-refractivity contribution >= 4 is 5.97 Å². The van der Waals surface area contributed by atoms with Gasteiger partial charge in [0.15, 0.2) is 0 Å². The van der Waals surface area contributed by atoms with Crippen molar-refractivity contribution in [3.8, 4) is 0 Å².